The Morgan fingerprint density at radius 1 is 1.36 bits per heavy atom. The van der Waals surface area contributed by atoms with Crippen molar-refractivity contribution in [1.82, 2.24) is 9.80 Å². The Labute approximate surface area is 136 Å². The topological polar surface area (TPSA) is 55.8 Å². The molecule has 0 saturated carbocycles. The van der Waals surface area contributed by atoms with Gasteiger partial charge in [-0.1, -0.05) is 30.7 Å². The number of hydrogen-bond acceptors (Lipinski definition) is 3. The molecular weight excluding hydrogens is 302 g/mol. The molecule has 22 heavy (non-hydrogen) atoms. The first-order chi connectivity index (χ1) is 10.6. The Bertz CT molecular complexity index is 512. The molecule has 122 valence electrons. The number of halogens is 1. The molecule has 1 aliphatic heterocycles. The molecule has 1 saturated heterocycles. The molecule has 1 heterocycles. The van der Waals surface area contributed by atoms with Crippen molar-refractivity contribution in [2.24, 2.45) is 0 Å². The molecule has 1 aromatic carbocycles. The van der Waals surface area contributed by atoms with Crippen molar-refractivity contribution >= 4 is 23.3 Å². The average Bonchev–Trinajstić information content (AvgIpc) is 2.53. The van der Waals surface area contributed by atoms with Crippen LogP contribution in [0, 0.1) is 6.92 Å². The van der Waals surface area contributed by atoms with Crippen LogP contribution in [0.3, 0.4) is 0 Å². The number of nitrogens with zero attached hydrogens (tertiary/aromatic N) is 2. The number of urea groups is 1. The number of aryl methyl sites for hydroxylation is 1. The van der Waals surface area contributed by atoms with E-state index in [1.54, 1.807) is 4.90 Å². The maximum absolute atomic E-state index is 12.3. The number of carbonyl (C=O) groups excluding carboxylic acids is 1. The number of hydrogen-bond donors (Lipinski definition) is 2. The van der Waals surface area contributed by atoms with E-state index in [0.717, 1.165) is 25.1 Å². The molecule has 6 heteroatoms. The zero-order chi connectivity index (χ0) is 16.1. The number of amides is 2. The average molecular weight is 326 g/mol. The molecule has 0 radical (unpaired) electrons. The van der Waals surface area contributed by atoms with Crippen molar-refractivity contribution in [2.45, 2.75) is 26.3 Å². The Balaban J connectivity index is 1.91. The Morgan fingerprint density at radius 3 is 2.64 bits per heavy atom. The smallest absolute Gasteiger partial charge is 0.321 e. The van der Waals surface area contributed by atoms with E-state index in [4.69, 9.17) is 11.6 Å². The SMILES string of the molecule is CCC(CO)N1CCN(C(=O)Nc2cccc(C)c2Cl)CC1. The van der Waals surface area contributed by atoms with E-state index < -0.39 is 0 Å². The van der Waals surface area contributed by atoms with Crippen LogP contribution in [0.15, 0.2) is 18.2 Å². The highest BCUT2D eigenvalue weighted by Crippen LogP contribution is 2.25. The lowest BCUT2D eigenvalue weighted by molar-refractivity contribution is 0.0766. The van der Waals surface area contributed by atoms with Crippen molar-refractivity contribution in [3.8, 4) is 0 Å². The molecule has 2 N–H and O–H groups in total. The van der Waals surface area contributed by atoms with Gasteiger partial charge in [0.05, 0.1) is 17.3 Å². The summed E-state index contributed by atoms with van der Waals surface area (Å²) < 4.78 is 0. The van der Waals surface area contributed by atoms with E-state index in [1.165, 1.54) is 0 Å². The lowest BCUT2D eigenvalue weighted by atomic mass is 10.1. The second-order valence-electron chi connectivity index (χ2n) is 5.63. The van der Waals surface area contributed by atoms with Gasteiger partial charge in [0, 0.05) is 32.2 Å². The second kappa shape index (κ2) is 7.81. The van der Waals surface area contributed by atoms with Crippen LogP contribution in [0.2, 0.25) is 5.02 Å². The lowest BCUT2D eigenvalue weighted by Crippen LogP contribution is -2.53. The third-order valence-corrected chi connectivity index (χ3v) is 4.73. The van der Waals surface area contributed by atoms with Crippen molar-refractivity contribution in [3.63, 3.8) is 0 Å². The summed E-state index contributed by atoms with van der Waals surface area (Å²) in [5, 5.41) is 12.8. The van der Waals surface area contributed by atoms with Gasteiger partial charge in [-0.15, -0.1) is 0 Å². The van der Waals surface area contributed by atoms with Crippen LogP contribution in [0.5, 0.6) is 0 Å². The molecule has 1 aliphatic rings. The largest absolute Gasteiger partial charge is 0.395 e. The number of aliphatic hydroxyl groups is 1. The van der Waals surface area contributed by atoms with E-state index in [0.29, 0.717) is 23.8 Å². The summed E-state index contributed by atoms with van der Waals surface area (Å²) in [4.78, 5) is 16.4. The van der Waals surface area contributed by atoms with Crippen LogP contribution in [0.4, 0.5) is 10.5 Å². The number of carbonyl (C=O) groups is 1. The van der Waals surface area contributed by atoms with E-state index in [1.807, 2.05) is 25.1 Å². The molecule has 1 fully saturated rings. The predicted molar refractivity (Wildman–Crippen MR) is 89.5 cm³/mol. The first kappa shape index (κ1) is 17.1. The van der Waals surface area contributed by atoms with Gasteiger partial charge in [-0.3, -0.25) is 4.90 Å². The van der Waals surface area contributed by atoms with Crippen LogP contribution < -0.4 is 5.32 Å². The molecule has 1 aromatic rings. The molecule has 1 unspecified atom stereocenters. The standard InChI is InChI=1S/C16H24ClN3O2/c1-3-13(11-21)19-7-9-20(10-8-19)16(22)18-14-6-4-5-12(2)15(14)17/h4-6,13,21H,3,7-11H2,1-2H3,(H,18,22). The number of rotatable bonds is 4. The van der Waals surface area contributed by atoms with Gasteiger partial charge in [-0.2, -0.15) is 0 Å². The van der Waals surface area contributed by atoms with E-state index in [2.05, 4.69) is 17.1 Å². The van der Waals surface area contributed by atoms with Gasteiger partial charge in [-0.05, 0) is 25.0 Å². The molecule has 1 atom stereocenters. The van der Waals surface area contributed by atoms with Gasteiger partial charge in [0.2, 0.25) is 0 Å². The maximum atomic E-state index is 12.3. The minimum Gasteiger partial charge on any atom is -0.395 e. The number of anilines is 1. The number of aliphatic hydroxyl groups excluding tert-OH is 1. The molecule has 0 bridgehead atoms. The summed E-state index contributed by atoms with van der Waals surface area (Å²) in [7, 11) is 0. The normalized spacial score (nSPS) is 17.4. The molecule has 0 aliphatic carbocycles. The second-order valence-corrected chi connectivity index (χ2v) is 6.01. The van der Waals surface area contributed by atoms with Gasteiger partial charge in [0.25, 0.3) is 0 Å². The van der Waals surface area contributed by atoms with Crippen LogP contribution in [0.25, 0.3) is 0 Å². The predicted octanol–water partition coefficient (Wildman–Crippen LogP) is 2.57. The van der Waals surface area contributed by atoms with Crippen molar-refractivity contribution < 1.29 is 9.90 Å². The lowest BCUT2D eigenvalue weighted by Gasteiger charge is -2.38. The van der Waals surface area contributed by atoms with Crippen LogP contribution in [-0.2, 0) is 0 Å². The highest BCUT2D eigenvalue weighted by atomic mass is 35.5. The van der Waals surface area contributed by atoms with Gasteiger partial charge in [0.15, 0.2) is 0 Å². The number of piperazine rings is 1. The monoisotopic (exact) mass is 325 g/mol. The third-order valence-electron chi connectivity index (χ3n) is 4.23. The van der Waals surface area contributed by atoms with Gasteiger partial charge in [-0.25, -0.2) is 4.79 Å². The quantitative estimate of drug-likeness (QED) is 0.894. The Kier molecular flexibility index (Phi) is 6.06. The fraction of sp³-hybridized carbons (Fsp3) is 0.562. The summed E-state index contributed by atoms with van der Waals surface area (Å²) >= 11 is 6.21. The van der Waals surface area contributed by atoms with Crippen LogP contribution in [-0.4, -0.2) is 59.8 Å². The fourth-order valence-electron chi connectivity index (χ4n) is 2.73. The van der Waals surface area contributed by atoms with Crippen LogP contribution >= 0.6 is 11.6 Å². The number of nitrogens with one attached hydrogen (secondary N) is 1. The summed E-state index contributed by atoms with van der Waals surface area (Å²) in [5.74, 6) is 0. The Morgan fingerprint density at radius 2 is 2.05 bits per heavy atom. The highest BCUT2D eigenvalue weighted by molar-refractivity contribution is 6.34. The summed E-state index contributed by atoms with van der Waals surface area (Å²) in [5.41, 5.74) is 1.59. The molecular formula is C16H24ClN3O2. The van der Waals surface area contributed by atoms with Crippen molar-refractivity contribution in [3.05, 3.63) is 28.8 Å². The van der Waals surface area contributed by atoms with Gasteiger partial charge >= 0.3 is 6.03 Å². The summed E-state index contributed by atoms with van der Waals surface area (Å²) in [6.45, 7) is 7.04. The zero-order valence-corrected chi connectivity index (χ0v) is 13.9. The van der Waals surface area contributed by atoms with Gasteiger partial charge in [0.1, 0.15) is 0 Å². The van der Waals surface area contributed by atoms with Gasteiger partial charge < -0.3 is 15.3 Å². The molecule has 2 rings (SSSR count). The first-order valence-electron chi connectivity index (χ1n) is 7.72. The number of benzene rings is 1. The molecule has 0 aromatic heterocycles. The summed E-state index contributed by atoms with van der Waals surface area (Å²) in [6, 6.07) is 5.67. The van der Waals surface area contributed by atoms with Crippen LogP contribution in [0.1, 0.15) is 18.9 Å². The minimum absolute atomic E-state index is 0.121. The summed E-state index contributed by atoms with van der Waals surface area (Å²) in [6.07, 6.45) is 0.918. The van der Waals surface area contributed by atoms with E-state index >= 15 is 0 Å². The van der Waals surface area contributed by atoms with Crippen molar-refractivity contribution in [1.29, 1.82) is 0 Å². The van der Waals surface area contributed by atoms with E-state index in [-0.39, 0.29) is 18.7 Å². The molecule has 2 amide bonds. The maximum Gasteiger partial charge on any atom is 0.321 e. The molecule has 0 spiro atoms. The van der Waals surface area contributed by atoms with Crippen molar-refractivity contribution in [2.75, 3.05) is 38.1 Å². The first-order valence-corrected chi connectivity index (χ1v) is 8.10. The zero-order valence-electron chi connectivity index (χ0n) is 13.2. The van der Waals surface area contributed by atoms with E-state index in [9.17, 15) is 9.90 Å². The minimum atomic E-state index is -0.121. The molecule has 5 nitrogen and oxygen atoms in total. The fourth-order valence-corrected chi connectivity index (χ4v) is 2.90. The third kappa shape index (κ3) is 3.91. The Hall–Kier alpha value is -1.30. The highest BCUT2D eigenvalue weighted by Gasteiger charge is 2.25.